The third-order valence-electron chi connectivity index (χ3n) is 7.21. The Kier molecular flexibility index (Phi) is 7.05. The Morgan fingerprint density at radius 2 is 1.37 bits per heavy atom. The lowest BCUT2D eigenvalue weighted by atomic mass is 9.78. The highest BCUT2D eigenvalue weighted by molar-refractivity contribution is 6.01. The number of para-hydroxylation sites is 3. The number of carbonyl (C=O) groups excluding carboxylic acids is 1. The Hall–Kier alpha value is -4.33. The molecule has 0 fully saturated rings. The molecule has 0 unspecified atom stereocenters. The number of ether oxygens (including phenoxy) is 5. The van der Waals surface area contributed by atoms with Crippen LogP contribution in [0.1, 0.15) is 35.9 Å². The number of benzene rings is 3. The highest BCUT2D eigenvalue weighted by Crippen LogP contribution is 2.49. The van der Waals surface area contributed by atoms with Crippen molar-refractivity contribution in [1.82, 2.24) is 0 Å². The van der Waals surface area contributed by atoms with Crippen LogP contribution in [0.4, 0.5) is 11.4 Å². The Balaban J connectivity index is 1.63. The fourth-order valence-electron chi connectivity index (χ4n) is 5.44. The van der Waals surface area contributed by atoms with Gasteiger partial charge in [0.15, 0.2) is 28.8 Å². The van der Waals surface area contributed by atoms with Crippen molar-refractivity contribution in [2.45, 2.75) is 24.8 Å². The lowest BCUT2D eigenvalue weighted by Crippen LogP contribution is -2.27. The third-order valence-corrected chi connectivity index (χ3v) is 7.21. The van der Waals surface area contributed by atoms with Gasteiger partial charge in [-0.1, -0.05) is 24.3 Å². The maximum atomic E-state index is 14.0. The van der Waals surface area contributed by atoms with E-state index in [1.807, 2.05) is 54.6 Å². The largest absolute Gasteiger partial charge is 0.493 e. The zero-order valence-corrected chi connectivity index (χ0v) is 22.2. The van der Waals surface area contributed by atoms with Crippen LogP contribution < -0.4 is 34.3 Å². The number of hydrogen-bond acceptors (Lipinski definition) is 8. The molecule has 3 aromatic carbocycles. The zero-order valence-electron chi connectivity index (χ0n) is 22.2. The summed E-state index contributed by atoms with van der Waals surface area (Å²) in [5, 5.41) is 7.18. The van der Waals surface area contributed by atoms with Crippen LogP contribution >= 0.6 is 0 Å². The van der Waals surface area contributed by atoms with E-state index in [9.17, 15) is 4.79 Å². The number of Topliss-reactive ketones (excluding diaryl/α,β-unsaturated/α-hetero) is 1. The molecule has 0 aromatic heterocycles. The van der Waals surface area contributed by atoms with E-state index in [2.05, 4.69) is 10.6 Å². The van der Waals surface area contributed by atoms with Gasteiger partial charge in [-0.2, -0.15) is 0 Å². The van der Waals surface area contributed by atoms with Gasteiger partial charge < -0.3 is 34.3 Å². The smallest absolute Gasteiger partial charge is 0.203 e. The summed E-state index contributed by atoms with van der Waals surface area (Å²) in [6.45, 7) is 0. The monoisotopic (exact) mass is 516 g/mol. The molecular formula is C30H32N2O6. The molecule has 3 aromatic rings. The summed E-state index contributed by atoms with van der Waals surface area (Å²) < 4.78 is 28.0. The highest BCUT2D eigenvalue weighted by atomic mass is 16.5. The van der Waals surface area contributed by atoms with Gasteiger partial charge in [0.25, 0.3) is 0 Å². The van der Waals surface area contributed by atoms with Crippen LogP contribution in [0.15, 0.2) is 65.9 Å². The van der Waals surface area contributed by atoms with E-state index < -0.39 is 6.04 Å². The quantitative estimate of drug-likeness (QED) is 0.413. The lowest BCUT2D eigenvalue weighted by Gasteiger charge is -2.31. The molecule has 0 spiro atoms. The molecular weight excluding hydrogens is 484 g/mol. The van der Waals surface area contributed by atoms with Gasteiger partial charge in [0.1, 0.15) is 0 Å². The van der Waals surface area contributed by atoms with Gasteiger partial charge in [-0.3, -0.25) is 4.79 Å². The SMILES string of the molecule is COc1cc([C@@H]2CC(=O)C3=C(C2)Nc2ccccc2N[C@H]3c2cccc(OC)c2OC)cc(OC)c1OC. The van der Waals surface area contributed by atoms with Crippen LogP contribution in [0.3, 0.4) is 0 Å². The van der Waals surface area contributed by atoms with Gasteiger partial charge in [0, 0.05) is 23.3 Å². The van der Waals surface area contributed by atoms with Crippen molar-refractivity contribution in [1.29, 1.82) is 0 Å². The second-order valence-corrected chi connectivity index (χ2v) is 9.21. The van der Waals surface area contributed by atoms with Gasteiger partial charge in [-0.25, -0.2) is 0 Å². The first-order chi connectivity index (χ1) is 18.5. The summed E-state index contributed by atoms with van der Waals surface area (Å²) in [5.74, 6) is 2.82. The minimum Gasteiger partial charge on any atom is -0.493 e. The first-order valence-corrected chi connectivity index (χ1v) is 12.4. The lowest BCUT2D eigenvalue weighted by molar-refractivity contribution is -0.116. The Morgan fingerprint density at radius 3 is 2.00 bits per heavy atom. The van der Waals surface area contributed by atoms with E-state index in [-0.39, 0.29) is 11.7 Å². The summed E-state index contributed by atoms with van der Waals surface area (Å²) in [7, 11) is 7.99. The van der Waals surface area contributed by atoms with Crippen LogP contribution in [0.25, 0.3) is 0 Å². The van der Waals surface area contributed by atoms with Crippen LogP contribution in [-0.2, 0) is 4.79 Å². The molecule has 5 rings (SSSR count). The summed E-state index contributed by atoms with van der Waals surface area (Å²) >= 11 is 0. The molecule has 8 nitrogen and oxygen atoms in total. The number of methoxy groups -OCH3 is 5. The molecule has 2 atom stereocenters. The predicted octanol–water partition coefficient (Wildman–Crippen LogP) is 5.71. The molecule has 0 saturated carbocycles. The van der Waals surface area contributed by atoms with Crippen molar-refractivity contribution >= 4 is 17.2 Å². The molecule has 0 amide bonds. The number of rotatable bonds is 7. The standard InChI is InChI=1S/C30H32N2O6/c1-34-24-12-8-9-19(29(24)37-4)28-27-22(31-20-10-6-7-11-21(20)32-28)13-17(14-23(27)33)18-15-25(35-2)30(38-5)26(16-18)36-3/h6-12,15-17,28,31-32H,13-14H2,1-5H3/t17-,28-/m0/s1. The Morgan fingerprint density at radius 1 is 0.711 bits per heavy atom. The minimum atomic E-state index is -0.431. The van der Waals surface area contributed by atoms with E-state index in [4.69, 9.17) is 23.7 Å². The average molecular weight is 517 g/mol. The van der Waals surface area contributed by atoms with Crippen LogP contribution in [-0.4, -0.2) is 41.3 Å². The zero-order chi connectivity index (χ0) is 26.8. The molecule has 0 radical (unpaired) electrons. The van der Waals surface area contributed by atoms with Crippen molar-refractivity contribution in [2.75, 3.05) is 46.2 Å². The van der Waals surface area contributed by atoms with Gasteiger partial charge in [-0.05, 0) is 48.2 Å². The molecule has 1 heterocycles. The fraction of sp³-hybridized carbons (Fsp3) is 0.300. The van der Waals surface area contributed by atoms with Crippen LogP contribution in [0, 0.1) is 0 Å². The topological polar surface area (TPSA) is 87.3 Å². The molecule has 1 aliphatic carbocycles. The maximum absolute atomic E-state index is 14.0. The van der Waals surface area contributed by atoms with Crippen LogP contribution in [0.2, 0.25) is 0 Å². The van der Waals surface area contributed by atoms with E-state index >= 15 is 0 Å². The molecule has 8 heteroatoms. The third kappa shape index (κ3) is 4.36. The summed E-state index contributed by atoms with van der Waals surface area (Å²) in [6, 6.07) is 17.1. The number of nitrogens with one attached hydrogen (secondary N) is 2. The summed E-state index contributed by atoms with van der Waals surface area (Å²) in [5.41, 5.74) is 5.14. The van der Waals surface area contributed by atoms with Crippen molar-refractivity contribution in [3.8, 4) is 28.7 Å². The van der Waals surface area contributed by atoms with Gasteiger partial charge in [0.05, 0.1) is 53.0 Å². The van der Waals surface area contributed by atoms with Gasteiger partial charge >= 0.3 is 0 Å². The second-order valence-electron chi connectivity index (χ2n) is 9.21. The molecule has 0 bridgehead atoms. The predicted molar refractivity (Wildman–Crippen MR) is 146 cm³/mol. The van der Waals surface area contributed by atoms with Crippen molar-refractivity contribution in [3.63, 3.8) is 0 Å². The number of anilines is 2. The molecule has 2 aliphatic rings. The highest BCUT2D eigenvalue weighted by Gasteiger charge is 2.38. The average Bonchev–Trinajstić information content (AvgIpc) is 3.12. The number of ketones is 1. The van der Waals surface area contributed by atoms with Crippen molar-refractivity contribution in [3.05, 3.63) is 77.0 Å². The van der Waals surface area contributed by atoms with E-state index in [0.717, 1.165) is 28.2 Å². The van der Waals surface area contributed by atoms with Gasteiger partial charge in [-0.15, -0.1) is 0 Å². The number of allylic oxidation sites excluding steroid dienone is 1. The molecule has 38 heavy (non-hydrogen) atoms. The summed E-state index contributed by atoms with van der Waals surface area (Å²) in [4.78, 5) is 14.0. The number of carbonyl (C=O) groups is 1. The maximum Gasteiger partial charge on any atom is 0.203 e. The molecule has 198 valence electrons. The van der Waals surface area contributed by atoms with Gasteiger partial charge in [0.2, 0.25) is 5.75 Å². The van der Waals surface area contributed by atoms with E-state index in [1.165, 1.54) is 0 Å². The first kappa shape index (κ1) is 25.3. The number of fused-ring (bicyclic) bond motifs is 1. The van der Waals surface area contributed by atoms with Crippen LogP contribution in [0.5, 0.6) is 28.7 Å². The minimum absolute atomic E-state index is 0.0488. The van der Waals surface area contributed by atoms with E-state index in [1.54, 1.807) is 35.5 Å². The second kappa shape index (κ2) is 10.6. The van der Waals surface area contributed by atoms with Crippen molar-refractivity contribution in [2.24, 2.45) is 0 Å². The molecule has 1 aliphatic heterocycles. The molecule has 2 N–H and O–H groups in total. The molecule has 0 saturated heterocycles. The Labute approximate surface area is 222 Å². The fourth-order valence-corrected chi connectivity index (χ4v) is 5.44. The first-order valence-electron chi connectivity index (χ1n) is 12.4. The van der Waals surface area contributed by atoms with E-state index in [0.29, 0.717) is 47.2 Å². The van der Waals surface area contributed by atoms with Crippen molar-refractivity contribution < 1.29 is 28.5 Å². The normalized spacial score (nSPS) is 18.3. The number of hydrogen-bond donors (Lipinski definition) is 2. The Bertz CT molecular complexity index is 1370. The summed E-state index contributed by atoms with van der Waals surface area (Å²) in [6.07, 6.45) is 0.957.